The Morgan fingerprint density at radius 3 is 1.32 bits per heavy atom. The number of hydrogen-bond acceptors (Lipinski definition) is 7. The third kappa shape index (κ3) is 3.66. The Morgan fingerprint density at radius 1 is 0.684 bits per heavy atom. The molecule has 3 aromatic rings. The Hall–Kier alpha value is -1.15. The minimum absolute atomic E-state index is 0.844. The summed E-state index contributed by atoms with van der Waals surface area (Å²) in [6.45, 7) is 2.53. The van der Waals surface area contributed by atoms with Gasteiger partial charge in [-0.2, -0.15) is 0 Å². The molecule has 0 atom stereocenters. The van der Waals surface area contributed by atoms with Gasteiger partial charge in [0.05, 0.1) is 19.6 Å². The fourth-order valence-corrected chi connectivity index (χ4v) is 3.71. The standard InChI is InChI=1S/C12H12N4S3/c1-4-17-10(13-1)7-16(8-11-14-2-5-18-11)9-12-15-3-6-19-12/h1-6H,7-9H2. The molecular weight excluding hydrogens is 296 g/mol. The van der Waals surface area contributed by atoms with E-state index in [1.165, 1.54) is 0 Å². The van der Waals surface area contributed by atoms with Crippen LogP contribution in [0, 0.1) is 0 Å². The molecule has 0 saturated heterocycles. The van der Waals surface area contributed by atoms with Crippen molar-refractivity contribution in [3.05, 3.63) is 49.8 Å². The van der Waals surface area contributed by atoms with Crippen LogP contribution in [0.2, 0.25) is 0 Å². The Morgan fingerprint density at radius 2 is 1.05 bits per heavy atom. The molecule has 0 amide bonds. The van der Waals surface area contributed by atoms with Gasteiger partial charge < -0.3 is 0 Å². The minimum atomic E-state index is 0.844. The summed E-state index contributed by atoms with van der Waals surface area (Å²) in [5, 5.41) is 9.44. The second-order valence-corrected chi connectivity index (χ2v) is 6.86. The molecule has 0 aromatic carbocycles. The van der Waals surface area contributed by atoms with Gasteiger partial charge in [-0.15, -0.1) is 34.0 Å². The normalized spacial score (nSPS) is 11.2. The van der Waals surface area contributed by atoms with Crippen molar-refractivity contribution >= 4 is 34.0 Å². The Bertz CT molecular complexity index is 488. The van der Waals surface area contributed by atoms with Crippen LogP contribution >= 0.6 is 34.0 Å². The second-order valence-electron chi connectivity index (χ2n) is 3.92. The van der Waals surface area contributed by atoms with Crippen LogP contribution in [0.15, 0.2) is 34.7 Å². The van der Waals surface area contributed by atoms with Gasteiger partial charge in [-0.1, -0.05) is 0 Å². The topological polar surface area (TPSA) is 41.9 Å². The third-order valence-corrected chi connectivity index (χ3v) is 4.82. The predicted molar refractivity (Wildman–Crippen MR) is 79.3 cm³/mol. The molecule has 19 heavy (non-hydrogen) atoms. The monoisotopic (exact) mass is 308 g/mol. The van der Waals surface area contributed by atoms with Crippen LogP contribution in [0.25, 0.3) is 0 Å². The van der Waals surface area contributed by atoms with Crippen molar-refractivity contribution in [2.45, 2.75) is 19.6 Å². The molecule has 7 heteroatoms. The molecular formula is C12H12N4S3. The van der Waals surface area contributed by atoms with Crippen molar-refractivity contribution in [1.29, 1.82) is 0 Å². The Balaban J connectivity index is 1.70. The first-order valence-corrected chi connectivity index (χ1v) is 8.41. The summed E-state index contributed by atoms with van der Waals surface area (Å²) in [4.78, 5) is 15.4. The quantitative estimate of drug-likeness (QED) is 0.701. The Labute approximate surface area is 123 Å². The molecule has 0 aliphatic carbocycles. The molecule has 0 saturated carbocycles. The minimum Gasteiger partial charge on any atom is -0.283 e. The highest BCUT2D eigenvalue weighted by molar-refractivity contribution is 7.10. The van der Waals surface area contributed by atoms with E-state index in [9.17, 15) is 0 Å². The van der Waals surface area contributed by atoms with Gasteiger partial charge in [-0.3, -0.25) is 4.90 Å². The molecule has 0 aliphatic heterocycles. The molecule has 4 nitrogen and oxygen atoms in total. The smallest absolute Gasteiger partial charge is 0.107 e. The maximum atomic E-state index is 4.36. The van der Waals surface area contributed by atoms with Gasteiger partial charge in [0.2, 0.25) is 0 Å². The van der Waals surface area contributed by atoms with E-state index in [2.05, 4.69) is 19.9 Å². The van der Waals surface area contributed by atoms with Gasteiger partial charge in [0.1, 0.15) is 15.0 Å². The molecule has 0 fully saturated rings. The van der Waals surface area contributed by atoms with E-state index >= 15 is 0 Å². The average Bonchev–Trinajstić information content (AvgIpc) is 3.10. The Kier molecular flexibility index (Phi) is 4.29. The van der Waals surface area contributed by atoms with Gasteiger partial charge in [0, 0.05) is 34.7 Å². The van der Waals surface area contributed by atoms with E-state index < -0.39 is 0 Å². The highest BCUT2D eigenvalue weighted by atomic mass is 32.1. The number of nitrogens with zero attached hydrogens (tertiary/aromatic N) is 4. The summed E-state index contributed by atoms with van der Waals surface area (Å²) in [6.07, 6.45) is 5.56. The van der Waals surface area contributed by atoms with Crippen molar-refractivity contribution in [3.63, 3.8) is 0 Å². The number of hydrogen-bond donors (Lipinski definition) is 0. The van der Waals surface area contributed by atoms with E-state index in [4.69, 9.17) is 0 Å². The maximum Gasteiger partial charge on any atom is 0.107 e. The fourth-order valence-electron chi connectivity index (χ4n) is 1.73. The van der Waals surface area contributed by atoms with Crippen LogP contribution in [0.3, 0.4) is 0 Å². The summed E-state index contributed by atoms with van der Waals surface area (Å²) in [6, 6.07) is 0. The number of thiazole rings is 3. The van der Waals surface area contributed by atoms with Crippen molar-refractivity contribution in [2.24, 2.45) is 0 Å². The van der Waals surface area contributed by atoms with Gasteiger partial charge >= 0.3 is 0 Å². The lowest BCUT2D eigenvalue weighted by molar-refractivity contribution is 0.246. The summed E-state index contributed by atoms with van der Waals surface area (Å²) in [7, 11) is 0. The fraction of sp³-hybridized carbons (Fsp3) is 0.250. The lowest BCUT2D eigenvalue weighted by Gasteiger charge is -2.18. The molecule has 0 spiro atoms. The van der Waals surface area contributed by atoms with Gasteiger partial charge in [-0.25, -0.2) is 15.0 Å². The zero-order valence-electron chi connectivity index (χ0n) is 10.1. The van der Waals surface area contributed by atoms with E-state index in [1.807, 2.05) is 34.7 Å². The highest BCUT2D eigenvalue weighted by Crippen LogP contribution is 2.17. The second kappa shape index (κ2) is 6.33. The van der Waals surface area contributed by atoms with Crippen LogP contribution < -0.4 is 0 Å². The van der Waals surface area contributed by atoms with E-state index in [1.54, 1.807) is 34.0 Å². The highest BCUT2D eigenvalue weighted by Gasteiger charge is 2.12. The molecule has 0 radical (unpaired) electrons. The maximum absolute atomic E-state index is 4.36. The van der Waals surface area contributed by atoms with E-state index in [0.29, 0.717) is 0 Å². The lowest BCUT2D eigenvalue weighted by Crippen LogP contribution is -2.22. The summed E-state index contributed by atoms with van der Waals surface area (Å²) in [5.41, 5.74) is 0. The summed E-state index contributed by atoms with van der Waals surface area (Å²) >= 11 is 5.07. The SMILES string of the molecule is c1csc(CN(Cc2nccs2)Cc2nccs2)n1. The molecule has 0 unspecified atom stereocenters. The first-order chi connectivity index (χ1) is 9.40. The number of rotatable bonds is 6. The van der Waals surface area contributed by atoms with Crippen LogP contribution in [0.1, 0.15) is 15.0 Å². The molecule has 3 rings (SSSR count). The molecule has 0 N–H and O–H groups in total. The first kappa shape index (κ1) is 12.9. The predicted octanol–water partition coefficient (Wildman–Crippen LogP) is 3.26. The zero-order valence-corrected chi connectivity index (χ0v) is 12.5. The molecule has 3 aromatic heterocycles. The van der Waals surface area contributed by atoms with Crippen molar-refractivity contribution in [2.75, 3.05) is 0 Å². The molecule has 0 bridgehead atoms. The van der Waals surface area contributed by atoms with Gasteiger partial charge in [0.15, 0.2) is 0 Å². The largest absolute Gasteiger partial charge is 0.283 e. The lowest BCUT2D eigenvalue weighted by atomic mass is 10.4. The van der Waals surface area contributed by atoms with Crippen LogP contribution in [-0.2, 0) is 19.6 Å². The third-order valence-electron chi connectivity index (χ3n) is 2.53. The van der Waals surface area contributed by atoms with Crippen LogP contribution in [-0.4, -0.2) is 19.9 Å². The summed E-state index contributed by atoms with van der Waals surface area (Å²) in [5.74, 6) is 0. The number of aromatic nitrogens is 3. The molecule has 98 valence electrons. The average molecular weight is 308 g/mol. The van der Waals surface area contributed by atoms with Gasteiger partial charge in [0.25, 0.3) is 0 Å². The van der Waals surface area contributed by atoms with Crippen LogP contribution in [0.4, 0.5) is 0 Å². The molecule has 3 heterocycles. The van der Waals surface area contributed by atoms with Crippen molar-refractivity contribution < 1.29 is 0 Å². The van der Waals surface area contributed by atoms with Crippen molar-refractivity contribution in [1.82, 2.24) is 19.9 Å². The first-order valence-electron chi connectivity index (χ1n) is 5.77. The van der Waals surface area contributed by atoms with Crippen molar-refractivity contribution in [3.8, 4) is 0 Å². The van der Waals surface area contributed by atoms with E-state index in [0.717, 1.165) is 34.7 Å². The zero-order chi connectivity index (χ0) is 12.9. The van der Waals surface area contributed by atoms with E-state index in [-0.39, 0.29) is 0 Å². The van der Waals surface area contributed by atoms with Crippen LogP contribution in [0.5, 0.6) is 0 Å². The van der Waals surface area contributed by atoms with Gasteiger partial charge in [-0.05, 0) is 0 Å². The summed E-state index contributed by atoms with van der Waals surface area (Å²) < 4.78 is 0. The molecule has 0 aliphatic rings.